The van der Waals surface area contributed by atoms with Gasteiger partial charge in [-0.25, -0.2) is 4.98 Å². The molecule has 3 rings (SSSR count). The summed E-state index contributed by atoms with van der Waals surface area (Å²) in [6, 6.07) is 7.73. The standard InChI is InChI=1S/C15H13NO4/c1-18-12-8-20-11(7-13(17)19-2)15-14(12)9-5-3-4-6-10(9)16-15/h3-6,8H,7H2,1-2H3. The molecule has 5 nitrogen and oxygen atoms in total. The van der Waals surface area contributed by atoms with Crippen molar-refractivity contribution in [2.45, 2.75) is 6.42 Å². The number of benzene rings is 1. The number of rotatable bonds is 3. The number of esters is 1. The van der Waals surface area contributed by atoms with E-state index in [2.05, 4.69) is 9.72 Å². The fraction of sp³-hybridized carbons (Fsp3) is 0.200. The SMILES string of the molecule is COC(=O)Cc1occ(OC)c2c3ccccc3nc1-2. The van der Waals surface area contributed by atoms with Gasteiger partial charge in [0.25, 0.3) is 0 Å². The lowest BCUT2D eigenvalue weighted by molar-refractivity contribution is -0.140. The molecule has 20 heavy (non-hydrogen) atoms. The largest absolute Gasteiger partial charge is 0.493 e. The van der Waals surface area contributed by atoms with E-state index in [1.54, 1.807) is 7.11 Å². The van der Waals surface area contributed by atoms with Gasteiger partial charge in [0.05, 0.1) is 25.3 Å². The molecule has 0 aromatic heterocycles. The van der Waals surface area contributed by atoms with Crippen LogP contribution >= 0.6 is 0 Å². The lowest BCUT2D eigenvalue weighted by atomic mass is 10.1. The molecule has 0 atom stereocenters. The van der Waals surface area contributed by atoms with Gasteiger partial charge in [-0.1, -0.05) is 18.2 Å². The Morgan fingerprint density at radius 1 is 1.30 bits per heavy atom. The van der Waals surface area contributed by atoms with E-state index in [1.165, 1.54) is 13.4 Å². The summed E-state index contributed by atoms with van der Waals surface area (Å²) in [5.74, 6) is 0.707. The summed E-state index contributed by atoms with van der Waals surface area (Å²) in [5.41, 5.74) is 2.33. The summed E-state index contributed by atoms with van der Waals surface area (Å²) in [4.78, 5) is 16.0. The minimum atomic E-state index is -0.368. The quantitative estimate of drug-likeness (QED) is 0.685. The minimum absolute atomic E-state index is 0.0420. The Morgan fingerprint density at radius 3 is 2.85 bits per heavy atom. The molecule has 1 aromatic carbocycles. The second kappa shape index (κ2) is 4.85. The van der Waals surface area contributed by atoms with E-state index < -0.39 is 0 Å². The maximum atomic E-state index is 11.5. The second-order valence-corrected chi connectivity index (χ2v) is 4.33. The van der Waals surface area contributed by atoms with Crippen molar-refractivity contribution >= 4 is 16.9 Å². The number of carbonyl (C=O) groups is 1. The van der Waals surface area contributed by atoms with E-state index in [0.717, 1.165) is 16.5 Å². The van der Waals surface area contributed by atoms with Crippen molar-refractivity contribution in [3.05, 3.63) is 36.3 Å². The summed E-state index contributed by atoms with van der Waals surface area (Å²) in [5, 5.41) is 0.973. The van der Waals surface area contributed by atoms with Gasteiger partial charge in [0.1, 0.15) is 24.1 Å². The summed E-state index contributed by atoms with van der Waals surface area (Å²) in [6.45, 7) is 0. The van der Waals surface area contributed by atoms with Crippen molar-refractivity contribution in [3.63, 3.8) is 0 Å². The number of ether oxygens (including phenoxy) is 2. The van der Waals surface area contributed by atoms with Gasteiger partial charge in [0.15, 0.2) is 5.75 Å². The smallest absolute Gasteiger partial charge is 0.313 e. The number of hydrogen-bond acceptors (Lipinski definition) is 5. The highest BCUT2D eigenvalue weighted by atomic mass is 16.5. The molecular formula is C15H13NO4. The summed E-state index contributed by atoms with van der Waals surface area (Å²) < 4.78 is 15.5. The number of hydrogen-bond donors (Lipinski definition) is 0. The van der Waals surface area contributed by atoms with Gasteiger partial charge >= 0.3 is 5.97 Å². The molecule has 0 bridgehead atoms. The number of nitrogens with zero attached hydrogens (tertiary/aromatic N) is 1. The summed E-state index contributed by atoms with van der Waals surface area (Å²) >= 11 is 0. The third-order valence-corrected chi connectivity index (χ3v) is 3.21. The molecule has 2 heterocycles. The fourth-order valence-corrected chi connectivity index (χ4v) is 2.26. The first-order valence-corrected chi connectivity index (χ1v) is 6.14. The van der Waals surface area contributed by atoms with Crippen molar-refractivity contribution in [1.82, 2.24) is 4.98 Å². The van der Waals surface area contributed by atoms with Gasteiger partial charge in [-0.3, -0.25) is 4.79 Å². The molecule has 2 aliphatic rings. The molecular weight excluding hydrogens is 258 g/mol. The van der Waals surface area contributed by atoms with Gasteiger partial charge in [0, 0.05) is 5.39 Å². The molecule has 0 N–H and O–H groups in total. The first kappa shape index (κ1) is 12.5. The van der Waals surface area contributed by atoms with Crippen LogP contribution in [0.1, 0.15) is 5.76 Å². The van der Waals surface area contributed by atoms with Crippen LogP contribution in [0.15, 0.2) is 34.9 Å². The van der Waals surface area contributed by atoms with Crippen LogP contribution in [0.2, 0.25) is 0 Å². The van der Waals surface area contributed by atoms with Gasteiger partial charge in [0.2, 0.25) is 0 Å². The van der Waals surface area contributed by atoms with Crippen molar-refractivity contribution in [1.29, 1.82) is 0 Å². The second-order valence-electron chi connectivity index (χ2n) is 4.33. The maximum Gasteiger partial charge on any atom is 0.313 e. The lowest BCUT2D eigenvalue weighted by Crippen LogP contribution is -2.06. The van der Waals surface area contributed by atoms with E-state index >= 15 is 0 Å². The molecule has 1 aromatic rings. The third-order valence-electron chi connectivity index (χ3n) is 3.21. The van der Waals surface area contributed by atoms with Gasteiger partial charge in [-0.05, 0) is 6.07 Å². The van der Waals surface area contributed by atoms with E-state index in [1.807, 2.05) is 24.3 Å². The van der Waals surface area contributed by atoms with Gasteiger partial charge < -0.3 is 13.9 Å². The molecule has 0 radical (unpaired) electrons. The Balaban J connectivity index is 2.25. The molecule has 0 saturated heterocycles. The van der Waals surface area contributed by atoms with Crippen LogP contribution in [0.3, 0.4) is 0 Å². The van der Waals surface area contributed by atoms with Crippen molar-refractivity contribution in [2.24, 2.45) is 0 Å². The molecule has 2 aliphatic heterocycles. The first-order chi connectivity index (χ1) is 9.74. The Kier molecular flexibility index (Phi) is 3.02. The molecule has 0 fully saturated rings. The molecule has 102 valence electrons. The Morgan fingerprint density at radius 2 is 2.10 bits per heavy atom. The van der Waals surface area contributed by atoms with Crippen LogP contribution < -0.4 is 4.74 Å². The minimum Gasteiger partial charge on any atom is -0.493 e. The maximum absolute atomic E-state index is 11.5. The van der Waals surface area contributed by atoms with Crippen LogP contribution in [-0.4, -0.2) is 25.2 Å². The van der Waals surface area contributed by atoms with Crippen LogP contribution in [-0.2, 0) is 16.0 Å². The Labute approximate surface area is 115 Å². The Hall–Kier alpha value is -2.56. The highest BCUT2D eigenvalue weighted by Crippen LogP contribution is 2.40. The van der Waals surface area contributed by atoms with Gasteiger partial charge in [-0.2, -0.15) is 0 Å². The van der Waals surface area contributed by atoms with E-state index in [9.17, 15) is 4.79 Å². The average Bonchev–Trinajstić information content (AvgIpc) is 2.87. The van der Waals surface area contributed by atoms with Crippen molar-refractivity contribution < 1.29 is 18.7 Å². The normalized spacial score (nSPS) is 10.9. The predicted molar refractivity (Wildman–Crippen MR) is 72.9 cm³/mol. The van der Waals surface area contributed by atoms with E-state index in [0.29, 0.717) is 17.2 Å². The lowest BCUT2D eigenvalue weighted by Gasteiger charge is -2.09. The van der Waals surface area contributed by atoms with Crippen LogP contribution in [0.4, 0.5) is 0 Å². The van der Waals surface area contributed by atoms with Crippen LogP contribution in [0.25, 0.3) is 22.2 Å². The summed E-state index contributed by atoms with van der Waals surface area (Å²) in [7, 11) is 2.92. The number of methoxy groups -OCH3 is 2. The monoisotopic (exact) mass is 271 g/mol. The fourth-order valence-electron chi connectivity index (χ4n) is 2.26. The zero-order chi connectivity index (χ0) is 14.1. The summed E-state index contributed by atoms with van der Waals surface area (Å²) in [6.07, 6.45) is 1.54. The molecule has 0 saturated carbocycles. The number of fused-ring (bicyclic) bond motifs is 3. The zero-order valence-electron chi connectivity index (χ0n) is 11.2. The van der Waals surface area contributed by atoms with E-state index in [4.69, 9.17) is 9.15 Å². The van der Waals surface area contributed by atoms with Crippen LogP contribution in [0.5, 0.6) is 5.75 Å². The highest BCUT2D eigenvalue weighted by Gasteiger charge is 2.23. The number of carbonyl (C=O) groups excluding carboxylic acids is 1. The predicted octanol–water partition coefficient (Wildman–Crippen LogP) is 2.66. The van der Waals surface area contributed by atoms with Gasteiger partial charge in [-0.15, -0.1) is 0 Å². The molecule has 0 aliphatic carbocycles. The van der Waals surface area contributed by atoms with Crippen LogP contribution in [0, 0.1) is 0 Å². The number of aromatic nitrogens is 1. The molecule has 0 amide bonds. The molecule has 0 unspecified atom stereocenters. The topological polar surface area (TPSA) is 61.6 Å². The Bertz CT molecular complexity index is 747. The molecule has 5 heteroatoms. The highest BCUT2D eigenvalue weighted by molar-refractivity contribution is 6.00. The van der Waals surface area contributed by atoms with Crippen molar-refractivity contribution in [3.8, 4) is 17.0 Å². The van der Waals surface area contributed by atoms with E-state index in [-0.39, 0.29) is 12.4 Å². The third kappa shape index (κ3) is 1.87. The van der Waals surface area contributed by atoms with Crippen molar-refractivity contribution in [2.75, 3.05) is 14.2 Å². The zero-order valence-corrected chi connectivity index (χ0v) is 11.2. The molecule has 0 spiro atoms. The number of para-hydroxylation sites is 1. The first-order valence-electron chi connectivity index (χ1n) is 6.14. The average molecular weight is 271 g/mol.